The molecule has 0 spiro atoms. The predicted octanol–water partition coefficient (Wildman–Crippen LogP) is 3.96. The van der Waals surface area contributed by atoms with Gasteiger partial charge < -0.3 is 15.2 Å². The molecule has 0 aliphatic carbocycles. The van der Waals surface area contributed by atoms with Crippen molar-refractivity contribution in [3.8, 4) is 0 Å². The molecule has 2 amide bonds. The van der Waals surface area contributed by atoms with E-state index in [9.17, 15) is 9.59 Å². The summed E-state index contributed by atoms with van der Waals surface area (Å²) in [6.45, 7) is 3.78. The quantitative estimate of drug-likeness (QED) is 0.627. The van der Waals surface area contributed by atoms with Gasteiger partial charge in [0.2, 0.25) is 11.8 Å². The van der Waals surface area contributed by atoms with Crippen molar-refractivity contribution in [3.05, 3.63) is 71.4 Å². The molecule has 156 valence electrons. The van der Waals surface area contributed by atoms with Crippen LogP contribution in [0.4, 0.5) is 0 Å². The summed E-state index contributed by atoms with van der Waals surface area (Å²) in [6.07, 6.45) is 2.96. The highest BCUT2D eigenvalue weighted by atomic mass is 16.2. The van der Waals surface area contributed by atoms with Crippen molar-refractivity contribution in [2.24, 2.45) is 5.92 Å². The van der Waals surface area contributed by atoms with Gasteiger partial charge in [-0.15, -0.1) is 0 Å². The maximum absolute atomic E-state index is 12.7. The molecule has 4 rings (SSSR count). The molecule has 1 aliphatic rings. The van der Waals surface area contributed by atoms with Crippen LogP contribution in [-0.2, 0) is 22.6 Å². The number of likely N-dealkylation sites (tertiary alicyclic amines) is 1. The molecule has 1 aliphatic heterocycles. The third-order valence-electron chi connectivity index (χ3n) is 5.89. The number of H-pyrrole nitrogens is 1. The summed E-state index contributed by atoms with van der Waals surface area (Å²) in [6, 6.07) is 18.6. The number of carbonyl (C=O) groups is 2. The molecule has 0 unspecified atom stereocenters. The summed E-state index contributed by atoms with van der Waals surface area (Å²) in [4.78, 5) is 30.2. The topological polar surface area (TPSA) is 65.2 Å². The van der Waals surface area contributed by atoms with E-state index in [1.54, 1.807) is 0 Å². The first-order valence-electron chi connectivity index (χ1n) is 10.8. The number of nitrogens with one attached hydrogen (secondary N) is 2. The van der Waals surface area contributed by atoms with Crippen LogP contribution in [0.25, 0.3) is 10.9 Å². The number of aromatic amines is 1. The predicted molar refractivity (Wildman–Crippen MR) is 119 cm³/mol. The number of hydrogen-bond acceptors (Lipinski definition) is 2. The number of rotatable bonds is 7. The van der Waals surface area contributed by atoms with Gasteiger partial charge in [-0.05, 0) is 60.9 Å². The standard InChI is InChI=1S/C25H29N3O2/c1-18-14-22-15-20(9-11-23(22)27-18)16-26-25(30)21-10-12-24(29)28(17-21)13-5-8-19-6-3-2-4-7-19/h2-4,6-7,9,11,14-15,21,27H,5,8,10,12-13,16-17H2,1H3,(H,26,30)/t21-/m1/s1. The highest BCUT2D eigenvalue weighted by Crippen LogP contribution is 2.20. The number of nitrogens with zero attached hydrogens (tertiary/aromatic N) is 1. The average molecular weight is 404 g/mol. The Bertz CT molecular complexity index is 1030. The number of aromatic nitrogens is 1. The Balaban J connectivity index is 1.28. The van der Waals surface area contributed by atoms with E-state index in [-0.39, 0.29) is 17.7 Å². The normalized spacial score (nSPS) is 16.8. The second-order valence-corrected chi connectivity index (χ2v) is 8.26. The number of fused-ring (bicyclic) bond motifs is 1. The highest BCUT2D eigenvalue weighted by Gasteiger charge is 2.29. The smallest absolute Gasteiger partial charge is 0.225 e. The second kappa shape index (κ2) is 9.16. The minimum Gasteiger partial charge on any atom is -0.359 e. The van der Waals surface area contributed by atoms with E-state index in [0.717, 1.165) is 35.0 Å². The zero-order valence-electron chi connectivity index (χ0n) is 17.5. The van der Waals surface area contributed by atoms with Crippen LogP contribution in [0.2, 0.25) is 0 Å². The minimum absolute atomic E-state index is 0.0425. The fourth-order valence-corrected chi connectivity index (χ4v) is 4.23. The molecule has 0 bridgehead atoms. The number of piperidine rings is 1. The number of hydrogen-bond donors (Lipinski definition) is 2. The van der Waals surface area contributed by atoms with E-state index in [0.29, 0.717) is 32.5 Å². The van der Waals surface area contributed by atoms with Crippen LogP contribution in [-0.4, -0.2) is 34.8 Å². The molecule has 1 aromatic heterocycles. The van der Waals surface area contributed by atoms with Crippen LogP contribution in [0.5, 0.6) is 0 Å². The van der Waals surface area contributed by atoms with Crippen molar-refractivity contribution in [2.75, 3.05) is 13.1 Å². The van der Waals surface area contributed by atoms with Crippen LogP contribution in [0, 0.1) is 12.8 Å². The Morgan fingerprint density at radius 1 is 1.13 bits per heavy atom. The van der Waals surface area contributed by atoms with Gasteiger partial charge >= 0.3 is 0 Å². The molecule has 1 saturated heterocycles. The molecule has 2 aromatic carbocycles. The molecule has 0 saturated carbocycles. The van der Waals surface area contributed by atoms with Gasteiger partial charge in [0.05, 0.1) is 5.92 Å². The lowest BCUT2D eigenvalue weighted by molar-refractivity contribution is -0.138. The van der Waals surface area contributed by atoms with E-state index < -0.39 is 0 Å². The van der Waals surface area contributed by atoms with Gasteiger partial charge in [0.1, 0.15) is 0 Å². The minimum atomic E-state index is -0.127. The largest absolute Gasteiger partial charge is 0.359 e. The summed E-state index contributed by atoms with van der Waals surface area (Å²) in [5.41, 5.74) is 4.61. The molecule has 3 aromatic rings. The Hall–Kier alpha value is -3.08. The maximum atomic E-state index is 12.7. The zero-order chi connectivity index (χ0) is 20.9. The lowest BCUT2D eigenvalue weighted by Crippen LogP contribution is -2.46. The van der Waals surface area contributed by atoms with Gasteiger partial charge in [-0.1, -0.05) is 36.4 Å². The van der Waals surface area contributed by atoms with Crippen molar-refractivity contribution >= 4 is 22.7 Å². The van der Waals surface area contributed by atoms with Crippen LogP contribution in [0.3, 0.4) is 0 Å². The highest BCUT2D eigenvalue weighted by molar-refractivity contribution is 5.84. The Kier molecular flexibility index (Phi) is 6.17. The van der Waals surface area contributed by atoms with Gasteiger partial charge in [0, 0.05) is 37.3 Å². The first-order valence-corrected chi connectivity index (χ1v) is 10.8. The van der Waals surface area contributed by atoms with Crippen molar-refractivity contribution in [2.45, 2.75) is 39.2 Å². The van der Waals surface area contributed by atoms with E-state index >= 15 is 0 Å². The number of amides is 2. The molecule has 30 heavy (non-hydrogen) atoms. The maximum Gasteiger partial charge on any atom is 0.225 e. The molecule has 0 radical (unpaired) electrons. The first-order chi connectivity index (χ1) is 14.6. The number of benzene rings is 2. The van der Waals surface area contributed by atoms with E-state index in [1.165, 1.54) is 5.56 Å². The average Bonchev–Trinajstić information content (AvgIpc) is 3.13. The molecule has 2 N–H and O–H groups in total. The van der Waals surface area contributed by atoms with Gasteiger partial charge in [0.15, 0.2) is 0 Å². The SMILES string of the molecule is Cc1cc2cc(CNC(=O)[C@@H]3CCC(=O)N(CCCc4ccccc4)C3)ccc2[nH]1. The van der Waals surface area contributed by atoms with E-state index in [1.807, 2.05) is 36.1 Å². The first kappa shape index (κ1) is 20.2. The molecule has 5 nitrogen and oxygen atoms in total. The van der Waals surface area contributed by atoms with E-state index in [4.69, 9.17) is 0 Å². The number of aryl methyl sites for hydroxylation is 2. The summed E-state index contributed by atoms with van der Waals surface area (Å²) in [5.74, 6) is 0.0824. The molecule has 1 atom stereocenters. The van der Waals surface area contributed by atoms with Crippen molar-refractivity contribution in [1.82, 2.24) is 15.2 Å². The van der Waals surface area contributed by atoms with Gasteiger partial charge in [-0.3, -0.25) is 9.59 Å². The molecule has 5 heteroatoms. The van der Waals surface area contributed by atoms with Gasteiger partial charge in [-0.2, -0.15) is 0 Å². The fourth-order valence-electron chi connectivity index (χ4n) is 4.23. The molecular formula is C25H29N3O2. The van der Waals surface area contributed by atoms with Crippen molar-refractivity contribution in [1.29, 1.82) is 0 Å². The third kappa shape index (κ3) is 4.90. The molecule has 2 heterocycles. The van der Waals surface area contributed by atoms with Crippen molar-refractivity contribution in [3.63, 3.8) is 0 Å². The molecule has 1 fully saturated rings. The lowest BCUT2D eigenvalue weighted by Gasteiger charge is -2.32. The summed E-state index contributed by atoms with van der Waals surface area (Å²) >= 11 is 0. The second-order valence-electron chi connectivity index (χ2n) is 8.26. The number of carbonyl (C=O) groups excluding carboxylic acids is 2. The van der Waals surface area contributed by atoms with Crippen LogP contribution in [0.1, 0.15) is 36.1 Å². The van der Waals surface area contributed by atoms with E-state index in [2.05, 4.69) is 40.6 Å². The van der Waals surface area contributed by atoms with Crippen molar-refractivity contribution < 1.29 is 9.59 Å². The summed E-state index contributed by atoms with van der Waals surface area (Å²) in [7, 11) is 0. The van der Waals surface area contributed by atoms with Gasteiger partial charge in [-0.25, -0.2) is 0 Å². The van der Waals surface area contributed by atoms with Crippen LogP contribution < -0.4 is 5.32 Å². The zero-order valence-corrected chi connectivity index (χ0v) is 17.5. The molecular weight excluding hydrogens is 374 g/mol. The summed E-state index contributed by atoms with van der Waals surface area (Å²) in [5, 5.41) is 4.23. The third-order valence-corrected chi connectivity index (χ3v) is 5.89. The Labute approximate surface area is 177 Å². The summed E-state index contributed by atoms with van der Waals surface area (Å²) < 4.78 is 0. The monoisotopic (exact) mass is 403 g/mol. The lowest BCUT2D eigenvalue weighted by atomic mass is 9.96. The van der Waals surface area contributed by atoms with Gasteiger partial charge in [0.25, 0.3) is 0 Å². The van der Waals surface area contributed by atoms with Crippen LogP contribution >= 0.6 is 0 Å². The Morgan fingerprint density at radius 3 is 2.80 bits per heavy atom. The fraction of sp³-hybridized carbons (Fsp3) is 0.360. The van der Waals surface area contributed by atoms with Crippen LogP contribution in [0.15, 0.2) is 54.6 Å². The Morgan fingerprint density at radius 2 is 1.97 bits per heavy atom.